The van der Waals surface area contributed by atoms with E-state index in [4.69, 9.17) is 14.4 Å². The summed E-state index contributed by atoms with van der Waals surface area (Å²) in [5.41, 5.74) is 2.54. The van der Waals surface area contributed by atoms with Gasteiger partial charge in [0.15, 0.2) is 11.6 Å². The maximum absolute atomic E-state index is 16.1. The molecule has 0 unspecified atom stereocenters. The zero-order chi connectivity index (χ0) is 44.7. The zero-order valence-corrected chi connectivity index (χ0v) is 36.3. The molecule has 1 amide bonds. The quantitative estimate of drug-likeness (QED) is 0.125. The minimum atomic E-state index is -0.828. The fraction of sp³-hybridized carbons (Fsp3) is 0.478. The molecule has 15 nitrogen and oxygen atoms in total. The molecule has 10 rings (SSSR count). The monoisotopic (exact) mass is 880 g/mol. The van der Waals surface area contributed by atoms with Gasteiger partial charge in [-0.15, -0.1) is 0 Å². The molecule has 5 aromatic heterocycles. The van der Waals surface area contributed by atoms with Crippen LogP contribution >= 0.6 is 0 Å². The Hall–Kier alpha value is -6.17. The predicted octanol–water partition coefficient (Wildman–Crippen LogP) is 7.49. The minimum Gasteiger partial charge on any atom is -0.376 e. The van der Waals surface area contributed by atoms with Crippen LogP contribution < -0.4 is 11.4 Å². The molecule has 1 saturated carbocycles. The smallest absolute Gasteiger partial charge is 0.376 e. The summed E-state index contributed by atoms with van der Waals surface area (Å²) in [5, 5.41) is 14.5. The molecule has 7 aromatic rings. The first-order chi connectivity index (χ1) is 30.8. The van der Waals surface area contributed by atoms with Crippen LogP contribution in [0.4, 0.5) is 13.2 Å². The first-order valence-corrected chi connectivity index (χ1v) is 22.2. The summed E-state index contributed by atoms with van der Waals surface area (Å²) in [5.74, 6) is -0.610. The molecule has 64 heavy (non-hydrogen) atoms. The Bertz CT molecular complexity index is 3030. The number of benzene rings is 2. The highest BCUT2D eigenvalue weighted by atomic mass is 19.1. The fourth-order valence-corrected chi connectivity index (χ4v) is 10.4. The topological polar surface area (TPSA) is 156 Å². The summed E-state index contributed by atoms with van der Waals surface area (Å²) >= 11 is 0. The van der Waals surface area contributed by atoms with Gasteiger partial charge in [0, 0.05) is 55.5 Å². The van der Waals surface area contributed by atoms with Crippen LogP contribution in [-0.2, 0) is 23.7 Å². The lowest BCUT2D eigenvalue weighted by atomic mass is 9.83. The lowest BCUT2D eigenvalue weighted by Crippen LogP contribution is -2.41. The molecule has 1 N–H and O–H groups in total. The number of H-pyrrole nitrogens is 1. The molecular weight excluding hydrogens is 830 g/mol. The molecule has 0 spiro atoms. The van der Waals surface area contributed by atoms with Gasteiger partial charge in [-0.2, -0.15) is 10.2 Å². The zero-order valence-electron chi connectivity index (χ0n) is 36.3. The van der Waals surface area contributed by atoms with Gasteiger partial charge in [-0.3, -0.25) is 36.9 Å². The van der Waals surface area contributed by atoms with E-state index >= 15 is 9.18 Å². The second-order valence-corrected chi connectivity index (χ2v) is 18.2. The lowest BCUT2D eigenvalue weighted by molar-refractivity contribution is -0.0592. The third kappa shape index (κ3) is 6.82. The summed E-state index contributed by atoms with van der Waals surface area (Å²) in [6.07, 6.45) is 8.79. The van der Waals surface area contributed by atoms with Gasteiger partial charge in [-0.05, 0) is 114 Å². The van der Waals surface area contributed by atoms with Crippen molar-refractivity contribution in [2.45, 2.75) is 108 Å². The van der Waals surface area contributed by atoms with E-state index in [1.54, 1.807) is 33.6 Å². The molecule has 7 heterocycles. The van der Waals surface area contributed by atoms with Gasteiger partial charge < -0.3 is 14.2 Å². The second kappa shape index (κ2) is 15.8. The van der Waals surface area contributed by atoms with Crippen molar-refractivity contribution in [3.8, 4) is 11.5 Å². The molecule has 3 aliphatic rings. The Morgan fingerprint density at radius 2 is 1.77 bits per heavy atom. The second-order valence-electron chi connectivity index (χ2n) is 18.2. The van der Waals surface area contributed by atoms with Crippen LogP contribution in [0.3, 0.4) is 0 Å². The molecular formula is C46H51F3N10O5. The average Bonchev–Trinajstić information content (AvgIpc) is 3.73. The van der Waals surface area contributed by atoms with Gasteiger partial charge >= 0.3 is 11.4 Å². The van der Waals surface area contributed by atoms with Crippen molar-refractivity contribution in [1.82, 2.24) is 48.3 Å². The van der Waals surface area contributed by atoms with E-state index in [0.717, 1.165) is 29.3 Å². The lowest BCUT2D eigenvalue weighted by Gasteiger charge is -2.35. The Kier molecular flexibility index (Phi) is 10.3. The molecule has 0 bridgehead atoms. The number of hydrogen-bond acceptors (Lipinski definition) is 8. The number of amides is 1. The fourth-order valence-electron chi connectivity index (χ4n) is 10.4. The molecule has 18 heteroatoms. The van der Waals surface area contributed by atoms with Crippen LogP contribution in [0.15, 0.2) is 69.1 Å². The number of nitrogens with one attached hydrogen (secondary N) is 1. The van der Waals surface area contributed by atoms with Gasteiger partial charge in [0.05, 0.1) is 59.5 Å². The molecule has 2 fully saturated rings. The van der Waals surface area contributed by atoms with Crippen molar-refractivity contribution in [2.24, 2.45) is 7.05 Å². The highest BCUT2D eigenvalue weighted by Gasteiger charge is 2.52. The Labute approximate surface area is 365 Å². The first kappa shape index (κ1) is 41.8. The van der Waals surface area contributed by atoms with E-state index in [1.807, 2.05) is 23.6 Å². The van der Waals surface area contributed by atoms with Crippen molar-refractivity contribution >= 4 is 27.7 Å². The third-order valence-corrected chi connectivity index (χ3v) is 13.8. The van der Waals surface area contributed by atoms with E-state index in [9.17, 15) is 18.4 Å². The molecule has 2 atom stereocenters. The summed E-state index contributed by atoms with van der Waals surface area (Å²) in [6, 6.07) is 10.3. The highest BCUT2D eigenvalue weighted by Crippen LogP contribution is 2.51. The summed E-state index contributed by atoms with van der Waals surface area (Å²) < 4.78 is 62.5. The number of nitrogens with zero attached hydrogens (tertiary/aromatic N) is 9. The SMILES string of the molecule is C[C@H]1c2c(nn(C(CCCF)CCCF)c2-n2ccn(-c3ccc4c(cnn4C)c3F)c2=O)CCN1C(=O)c1cc2cc([C@H]3CCOC(C)(C)C3)ccc2n1C1(c2noc(=O)[nH]2)CC1. The average molecular weight is 881 g/mol. The van der Waals surface area contributed by atoms with E-state index in [0.29, 0.717) is 72.8 Å². The maximum atomic E-state index is 16.1. The van der Waals surface area contributed by atoms with Crippen LogP contribution in [0.1, 0.15) is 123 Å². The molecule has 1 saturated heterocycles. The van der Waals surface area contributed by atoms with Crippen LogP contribution in [0, 0.1) is 5.82 Å². The number of carbonyl (C=O) groups is 1. The van der Waals surface area contributed by atoms with Gasteiger partial charge in [0.2, 0.25) is 0 Å². The van der Waals surface area contributed by atoms with Gasteiger partial charge in [0.25, 0.3) is 5.91 Å². The molecule has 336 valence electrons. The third-order valence-electron chi connectivity index (χ3n) is 13.8. The molecule has 2 aromatic carbocycles. The van der Waals surface area contributed by atoms with Crippen LogP contribution in [0.25, 0.3) is 33.3 Å². The number of alkyl halides is 2. The van der Waals surface area contributed by atoms with Gasteiger partial charge in [-0.25, -0.2) is 18.7 Å². The summed E-state index contributed by atoms with van der Waals surface area (Å²) in [7, 11) is 1.71. The number of carbonyl (C=O) groups excluding carboxylic acids is 1. The normalized spacial score (nSPS) is 19.3. The van der Waals surface area contributed by atoms with Crippen LogP contribution in [0.2, 0.25) is 0 Å². The molecule has 2 aliphatic heterocycles. The number of imidazole rings is 1. The number of aryl methyl sites for hydroxylation is 1. The van der Waals surface area contributed by atoms with E-state index in [-0.39, 0.29) is 47.9 Å². The Morgan fingerprint density at radius 3 is 2.47 bits per heavy atom. The van der Waals surface area contributed by atoms with Gasteiger partial charge in [0.1, 0.15) is 17.1 Å². The Balaban J connectivity index is 1.09. The maximum Gasteiger partial charge on any atom is 0.438 e. The van der Waals surface area contributed by atoms with Crippen molar-refractivity contribution in [3.05, 3.63) is 110 Å². The molecule has 1 aliphatic carbocycles. The largest absolute Gasteiger partial charge is 0.438 e. The number of aromatic nitrogens is 9. The van der Waals surface area contributed by atoms with Gasteiger partial charge in [-0.1, -0.05) is 11.2 Å². The highest BCUT2D eigenvalue weighted by molar-refractivity contribution is 6.00. The summed E-state index contributed by atoms with van der Waals surface area (Å²) in [4.78, 5) is 46.9. The van der Waals surface area contributed by atoms with Crippen LogP contribution in [-0.4, -0.2) is 86.3 Å². The van der Waals surface area contributed by atoms with E-state index in [2.05, 4.69) is 41.2 Å². The predicted molar refractivity (Wildman–Crippen MR) is 231 cm³/mol. The number of aromatic amines is 1. The van der Waals surface area contributed by atoms with Crippen molar-refractivity contribution in [3.63, 3.8) is 0 Å². The van der Waals surface area contributed by atoms with Crippen molar-refractivity contribution in [1.29, 1.82) is 0 Å². The van der Waals surface area contributed by atoms with E-state index < -0.39 is 48.2 Å². The number of rotatable bonds is 13. The molecule has 0 radical (unpaired) electrons. The standard InChI is InChI=1S/C46H51F3N10O5/c1-27-38-33(52-59(31(7-5-17-47)8-6-18-48)40(38)57-21-20-56(44(57)62)36-12-11-35-32(39(36)49)26-50-54(35)4)13-19-55(27)41(60)37-24-30-23-28(29-14-22-63-45(2,3)25-29)9-10-34(30)58(37)46(15-16-46)42-51-43(61)64-53-42/h9-12,20-21,23-24,26-27,29,31H,5-8,13-19,22,25H2,1-4H3,(H,51,53,61)/t27-,29-/m0/s1. The van der Waals surface area contributed by atoms with Crippen molar-refractivity contribution < 1.29 is 27.2 Å². The number of ether oxygens (including phenoxy) is 1. The number of halogens is 3. The Morgan fingerprint density at radius 1 is 1.02 bits per heavy atom. The van der Waals surface area contributed by atoms with Crippen LogP contribution in [0.5, 0.6) is 0 Å². The number of fused-ring (bicyclic) bond motifs is 3. The summed E-state index contributed by atoms with van der Waals surface area (Å²) in [6.45, 7) is 5.86. The van der Waals surface area contributed by atoms with E-state index in [1.165, 1.54) is 27.6 Å². The number of hydrogen-bond donors (Lipinski definition) is 1. The first-order valence-electron chi connectivity index (χ1n) is 22.2. The minimum absolute atomic E-state index is 0.0272. The van der Waals surface area contributed by atoms with Crippen molar-refractivity contribution in [2.75, 3.05) is 26.5 Å².